The fraction of sp³-hybridized carbons (Fsp3) is 0.364. The summed E-state index contributed by atoms with van der Waals surface area (Å²) in [5.74, 6) is -0.441. The second kappa shape index (κ2) is 6.07. The largest absolute Gasteiger partial charge is 0.392 e. The molecule has 0 saturated heterocycles. The van der Waals surface area contributed by atoms with Gasteiger partial charge in [0, 0.05) is 18.7 Å². The van der Waals surface area contributed by atoms with E-state index in [4.69, 9.17) is 5.11 Å². The first kappa shape index (κ1) is 12.4. The molecule has 2 amide bonds. The molecular formula is C11H15FN2O2. The molecule has 0 aromatic heterocycles. The molecule has 4 nitrogen and oxygen atoms in total. The fourth-order valence-electron chi connectivity index (χ4n) is 1.26. The molecule has 0 fully saturated rings. The Kier molecular flexibility index (Phi) is 4.72. The molecule has 1 aromatic carbocycles. The van der Waals surface area contributed by atoms with Crippen molar-refractivity contribution in [3.63, 3.8) is 0 Å². The van der Waals surface area contributed by atoms with Crippen LogP contribution in [-0.2, 0) is 13.2 Å². The topological polar surface area (TPSA) is 61.4 Å². The van der Waals surface area contributed by atoms with Crippen molar-refractivity contribution in [3.8, 4) is 0 Å². The Labute approximate surface area is 93.5 Å². The van der Waals surface area contributed by atoms with Crippen LogP contribution in [0.2, 0.25) is 0 Å². The normalized spacial score (nSPS) is 9.94. The zero-order chi connectivity index (χ0) is 12.0. The maximum atomic E-state index is 13.0. The van der Waals surface area contributed by atoms with Crippen LogP contribution in [0.5, 0.6) is 0 Å². The van der Waals surface area contributed by atoms with Gasteiger partial charge in [-0.2, -0.15) is 0 Å². The summed E-state index contributed by atoms with van der Waals surface area (Å²) < 4.78 is 13.0. The first-order chi connectivity index (χ1) is 7.67. The highest BCUT2D eigenvalue weighted by atomic mass is 19.1. The van der Waals surface area contributed by atoms with E-state index in [1.54, 1.807) is 6.07 Å². The van der Waals surface area contributed by atoms with E-state index < -0.39 is 5.82 Å². The van der Waals surface area contributed by atoms with Crippen LogP contribution < -0.4 is 10.6 Å². The van der Waals surface area contributed by atoms with Crippen LogP contribution in [0.15, 0.2) is 18.2 Å². The van der Waals surface area contributed by atoms with Crippen molar-refractivity contribution < 1.29 is 14.3 Å². The van der Waals surface area contributed by atoms with Crippen molar-refractivity contribution in [2.24, 2.45) is 0 Å². The number of hydrogen-bond donors (Lipinski definition) is 3. The van der Waals surface area contributed by atoms with Gasteiger partial charge >= 0.3 is 6.03 Å². The first-order valence-electron chi connectivity index (χ1n) is 5.07. The van der Waals surface area contributed by atoms with Crippen molar-refractivity contribution in [1.29, 1.82) is 0 Å². The van der Waals surface area contributed by atoms with E-state index in [0.29, 0.717) is 13.1 Å². The van der Waals surface area contributed by atoms with Gasteiger partial charge in [-0.3, -0.25) is 0 Å². The van der Waals surface area contributed by atoms with Crippen LogP contribution in [-0.4, -0.2) is 17.7 Å². The van der Waals surface area contributed by atoms with Gasteiger partial charge in [-0.25, -0.2) is 9.18 Å². The van der Waals surface area contributed by atoms with Gasteiger partial charge in [0.05, 0.1) is 6.61 Å². The lowest BCUT2D eigenvalue weighted by Gasteiger charge is -2.07. The number of aliphatic hydroxyl groups is 1. The minimum atomic E-state index is -0.441. The molecule has 0 spiro atoms. The Bertz CT molecular complexity index is 369. The standard InChI is InChI=1S/C11H15FN2O2/c1-2-13-11(16)14-6-8-3-4-10(12)9(5-8)7-15/h3-5,15H,2,6-7H2,1H3,(H2,13,14,16). The smallest absolute Gasteiger partial charge is 0.315 e. The monoisotopic (exact) mass is 226 g/mol. The fourth-order valence-corrected chi connectivity index (χ4v) is 1.26. The van der Waals surface area contributed by atoms with Crippen molar-refractivity contribution in [2.75, 3.05) is 6.54 Å². The summed E-state index contributed by atoms with van der Waals surface area (Å²) in [7, 11) is 0. The summed E-state index contributed by atoms with van der Waals surface area (Å²) >= 11 is 0. The number of benzene rings is 1. The highest BCUT2D eigenvalue weighted by molar-refractivity contribution is 5.73. The van der Waals surface area contributed by atoms with Crippen molar-refractivity contribution in [3.05, 3.63) is 35.1 Å². The summed E-state index contributed by atoms with van der Waals surface area (Å²) in [6.45, 7) is 2.33. The zero-order valence-electron chi connectivity index (χ0n) is 9.09. The summed E-state index contributed by atoms with van der Waals surface area (Å²) in [5.41, 5.74) is 0.979. The van der Waals surface area contributed by atoms with E-state index in [-0.39, 0.29) is 18.2 Å². The molecule has 88 valence electrons. The predicted octanol–water partition coefficient (Wildman–Crippen LogP) is 1.14. The molecule has 0 aliphatic heterocycles. The zero-order valence-corrected chi connectivity index (χ0v) is 9.09. The van der Waals surface area contributed by atoms with E-state index >= 15 is 0 Å². The minimum Gasteiger partial charge on any atom is -0.392 e. The number of aliphatic hydroxyl groups excluding tert-OH is 1. The number of carbonyl (C=O) groups excluding carboxylic acids is 1. The summed E-state index contributed by atoms with van der Waals surface area (Å²) in [5, 5.41) is 14.1. The lowest BCUT2D eigenvalue weighted by atomic mass is 10.1. The van der Waals surface area contributed by atoms with Crippen LogP contribution in [0.4, 0.5) is 9.18 Å². The van der Waals surface area contributed by atoms with Gasteiger partial charge in [-0.05, 0) is 24.6 Å². The third-order valence-electron chi connectivity index (χ3n) is 2.07. The third kappa shape index (κ3) is 3.51. The molecule has 0 bridgehead atoms. The van der Waals surface area contributed by atoms with E-state index in [1.807, 2.05) is 6.92 Å². The molecule has 0 atom stereocenters. The molecular weight excluding hydrogens is 211 g/mol. The molecule has 1 rings (SSSR count). The van der Waals surface area contributed by atoms with Crippen LogP contribution in [0.3, 0.4) is 0 Å². The Morgan fingerprint density at radius 3 is 2.81 bits per heavy atom. The Morgan fingerprint density at radius 2 is 2.19 bits per heavy atom. The number of nitrogens with one attached hydrogen (secondary N) is 2. The van der Waals surface area contributed by atoms with Crippen molar-refractivity contribution in [1.82, 2.24) is 10.6 Å². The first-order valence-corrected chi connectivity index (χ1v) is 5.07. The average molecular weight is 226 g/mol. The number of carbonyl (C=O) groups is 1. The second-order valence-corrected chi connectivity index (χ2v) is 3.30. The molecule has 1 aromatic rings. The number of halogens is 1. The SMILES string of the molecule is CCNC(=O)NCc1ccc(F)c(CO)c1. The molecule has 0 heterocycles. The number of amides is 2. The van der Waals surface area contributed by atoms with Crippen LogP contribution >= 0.6 is 0 Å². The highest BCUT2D eigenvalue weighted by Gasteiger charge is 2.03. The predicted molar refractivity (Wildman–Crippen MR) is 58.2 cm³/mol. The molecule has 0 unspecified atom stereocenters. The average Bonchev–Trinajstić information content (AvgIpc) is 2.28. The van der Waals surface area contributed by atoms with Crippen LogP contribution in [0.25, 0.3) is 0 Å². The minimum absolute atomic E-state index is 0.232. The molecule has 0 saturated carbocycles. The van der Waals surface area contributed by atoms with Gasteiger partial charge in [-0.1, -0.05) is 6.07 Å². The lowest BCUT2D eigenvalue weighted by molar-refractivity contribution is 0.241. The molecule has 0 aliphatic carbocycles. The van der Waals surface area contributed by atoms with Crippen LogP contribution in [0, 0.1) is 5.82 Å². The van der Waals surface area contributed by atoms with Crippen molar-refractivity contribution >= 4 is 6.03 Å². The Hall–Kier alpha value is -1.62. The summed E-state index contributed by atoms with van der Waals surface area (Å²) in [4.78, 5) is 11.1. The second-order valence-electron chi connectivity index (χ2n) is 3.30. The van der Waals surface area contributed by atoms with Crippen LogP contribution in [0.1, 0.15) is 18.1 Å². The van der Waals surface area contributed by atoms with Crippen molar-refractivity contribution in [2.45, 2.75) is 20.1 Å². The quantitative estimate of drug-likeness (QED) is 0.721. The molecule has 5 heteroatoms. The lowest BCUT2D eigenvalue weighted by Crippen LogP contribution is -2.34. The Morgan fingerprint density at radius 1 is 1.44 bits per heavy atom. The maximum absolute atomic E-state index is 13.0. The van der Waals surface area contributed by atoms with Gasteiger partial charge in [0.15, 0.2) is 0 Å². The van der Waals surface area contributed by atoms with Gasteiger partial charge < -0.3 is 15.7 Å². The van der Waals surface area contributed by atoms with Gasteiger partial charge in [0.2, 0.25) is 0 Å². The summed E-state index contributed by atoms with van der Waals surface area (Å²) in [6, 6.07) is 4.11. The third-order valence-corrected chi connectivity index (χ3v) is 2.07. The molecule has 16 heavy (non-hydrogen) atoms. The van der Waals surface area contributed by atoms with Gasteiger partial charge in [0.1, 0.15) is 5.82 Å². The number of urea groups is 1. The van der Waals surface area contributed by atoms with Gasteiger partial charge in [0.25, 0.3) is 0 Å². The van der Waals surface area contributed by atoms with E-state index in [2.05, 4.69) is 10.6 Å². The van der Waals surface area contributed by atoms with E-state index in [0.717, 1.165) is 5.56 Å². The Balaban J connectivity index is 2.57. The maximum Gasteiger partial charge on any atom is 0.315 e. The van der Waals surface area contributed by atoms with E-state index in [1.165, 1.54) is 12.1 Å². The van der Waals surface area contributed by atoms with Gasteiger partial charge in [-0.15, -0.1) is 0 Å². The summed E-state index contributed by atoms with van der Waals surface area (Å²) in [6.07, 6.45) is 0. The number of hydrogen-bond acceptors (Lipinski definition) is 2. The molecule has 0 radical (unpaired) electrons. The number of rotatable bonds is 4. The molecule has 0 aliphatic rings. The highest BCUT2D eigenvalue weighted by Crippen LogP contribution is 2.10. The molecule has 3 N–H and O–H groups in total. The van der Waals surface area contributed by atoms with E-state index in [9.17, 15) is 9.18 Å².